The van der Waals surface area contributed by atoms with E-state index in [2.05, 4.69) is 15.3 Å². The molecule has 6 nitrogen and oxygen atoms in total. The van der Waals surface area contributed by atoms with Crippen molar-refractivity contribution in [3.05, 3.63) is 11.4 Å². The monoisotopic (exact) mass is 252 g/mol. The zero-order valence-corrected chi connectivity index (χ0v) is 10.1. The number of thiophene rings is 1. The third-order valence-electron chi connectivity index (χ3n) is 2.05. The molecular weight excluding hydrogens is 240 g/mol. The van der Waals surface area contributed by atoms with Gasteiger partial charge in [0.1, 0.15) is 17.2 Å². The lowest BCUT2D eigenvalue weighted by atomic mass is 10.4. The van der Waals surface area contributed by atoms with Crippen molar-refractivity contribution in [3.63, 3.8) is 0 Å². The fraction of sp³-hybridized carbons (Fsp3) is 0.300. The van der Waals surface area contributed by atoms with Crippen LogP contribution in [0.4, 0.5) is 11.8 Å². The first kappa shape index (κ1) is 11.6. The number of nitrogen functional groups attached to an aromatic ring is 1. The summed E-state index contributed by atoms with van der Waals surface area (Å²) < 4.78 is 4.81. The molecule has 0 saturated carbocycles. The van der Waals surface area contributed by atoms with E-state index in [0.717, 1.165) is 10.2 Å². The molecule has 0 aromatic carbocycles. The van der Waals surface area contributed by atoms with Crippen molar-refractivity contribution in [2.24, 2.45) is 0 Å². The minimum atomic E-state index is -0.326. The predicted molar refractivity (Wildman–Crippen MR) is 67.0 cm³/mol. The first-order valence-electron chi connectivity index (χ1n) is 5.11. The van der Waals surface area contributed by atoms with Gasteiger partial charge in [-0.1, -0.05) is 0 Å². The first-order chi connectivity index (χ1) is 8.20. The number of hydrogen-bond acceptors (Lipinski definition) is 7. The molecule has 3 N–H and O–H groups in total. The van der Waals surface area contributed by atoms with Crippen LogP contribution in [0.2, 0.25) is 0 Å². The summed E-state index contributed by atoms with van der Waals surface area (Å²) in [6.45, 7) is 2.19. The van der Waals surface area contributed by atoms with Gasteiger partial charge in [-0.25, -0.2) is 4.98 Å². The minimum absolute atomic E-state index is 0.0647. The number of ether oxygens (including phenoxy) is 1. The zero-order valence-electron chi connectivity index (χ0n) is 9.27. The van der Waals surface area contributed by atoms with Crippen LogP contribution in [0.1, 0.15) is 6.92 Å². The molecular formula is C10H12N4O2S. The van der Waals surface area contributed by atoms with Crippen LogP contribution in [0.3, 0.4) is 0 Å². The summed E-state index contributed by atoms with van der Waals surface area (Å²) in [6.07, 6.45) is 0. The molecule has 0 saturated heterocycles. The van der Waals surface area contributed by atoms with E-state index in [0.29, 0.717) is 12.4 Å². The molecule has 7 heteroatoms. The number of nitrogens with zero attached hydrogens (tertiary/aromatic N) is 2. The standard InChI is InChI=1S/C10H12N4O2S/c1-2-16-7(15)5-12-8-6-3-4-17-9(6)14-10(11)13-8/h3-4H,2,5H2,1H3,(H3,11,12,13,14). The van der Waals surface area contributed by atoms with E-state index in [9.17, 15) is 4.79 Å². The second-order valence-corrected chi connectivity index (χ2v) is 4.12. The van der Waals surface area contributed by atoms with Crippen LogP contribution in [-0.2, 0) is 9.53 Å². The van der Waals surface area contributed by atoms with Crippen molar-refractivity contribution in [2.45, 2.75) is 6.92 Å². The number of anilines is 2. The zero-order chi connectivity index (χ0) is 12.3. The van der Waals surface area contributed by atoms with Crippen molar-refractivity contribution in [2.75, 3.05) is 24.2 Å². The fourth-order valence-corrected chi connectivity index (χ4v) is 2.15. The minimum Gasteiger partial charge on any atom is -0.465 e. The second kappa shape index (κ2) is 4.96. The molecule has 0 bridgehead atoms. The number of carbonyl (C=O) groups excluding carboxylic acids is 1. The van der Waals surface area contributed by atoms with Crippen LogP contribution in [0.15, 0.2) is 11.4 Å². The highest BCUT2D eigenvalue weighted by atomic mass is 32.1. The Morgan fingerprint density at radius 1 is 1.59 bits per heavy atom. The Labute approximate surface area is 102 Å². The van der Waals surface area contributed by atoms with Crippen molar-refractivity contribution in [3.8, 4) is 0 Å². The van der Waals surface area contributed by atoms with E-state index in [1.54, 1.807) is 6.92 Å². The first-order valence-corrected chi connectivity index (χ1v) is 5.99. The van der Waals surface area contributed by atoms with Crippen LogP contribution in [0.5, 0.6) is 0 Å². The van der Waals surface area contributed by atoms with Gasteiger partial charge in [0, 0.05) is 0 Å². The Morgan fingerprint density at radius 2 is 2.41 bits per heavy atom. The molecule has 90 valence electrons. The van der Waals surface area contributed by atoms with E-state index in [4.69, 9.17) is 10.5 Å². The number of nitrogens with one attached hydrogen (secondary N) is 1. The largest absolute Gasteiger partial charge is 0.465 e. The molecule has 0 atom stereocenters. The summed E-state index contributed by atoms with van der Waals surface area (Å²) in [4.78, 5) is 20.2. The maximum Gasteiger partial charge on any atom is 0.325 e. The number of fused-ring (bicyclic) bond motifs is 1. The molecule has 0 spiro atoms. The lowest BCUT2D eigenvalue weighted by Crippen LogP contribution is -2.17. The van der Waals surface area contributed by atoms with Gasteiger partial charge in [0.25, 0.3) is 0 Å². The topological polar surface area (TPSA) is 90.1 Å². The maximum absolute atomic E-state index is 11.2. The SMILES string of the molecule is CCOC(=O)CNc1nc(N)nc2sccc12. The van der Waals surface area contributed by atoms with Gasteiger partial charge in [0.05, 0.1) is 12.0 Å². The van der Waals surface area contributed by atoms with Gasteiger partial charge in [0.2, 0.25) is 5.95 Å². The Kier molecular flexibility index (Phi) is 3.38. The van der Waals surface area contributed by atoms with Crippen molar-refractivity contribution in [1.29, 1.82) is 0 Å². The third kappa shape index (κ3) is 2.62. The Balaban J connectivity index is 2.17. The van der Waals surface area contributed by atoms with Gasteiger partial charge in [-0.15, -0.1) is 11.3 Å². The maximum atomic E-state index is 11.2. The molecule has 2 aromatic rings. The van der Waals surface area contributed by atoms with Gasteiger partial charge in [-0.2, -0.15) is 4.98 Å². The van der Waals surface area contributed by atoms with Crippen LogP contribution in [0.25, 0.3) is 10.2 Å². The Bertz CT molecular complexity index is 540. The molecule has 0 unspecified atom stereocenters. The predicted octanol–water partition coefficient (Wildman–Crippen LogP) is 1.25. The van der Waals surface area contributed by atoms with E-state index in [1.165, 1.54) is 11.3 Å². The molecule has 0 aliphatic carbocycles. The molecule has 0 amide bonds. The summed E-state index contributed by atoms with van der Waals surface area (Å²) in [6, 6.07) is 1.88. The number of aromatic nitrogens is 2. The Hall–Kier alpha value is -1.89. The highest BCUT2D eigenvalue weighted by Gasteiger charge is 2.08. The second-order valence-electron chi connectivity index (χ2n) is 3.23. The molecule has 2 rings (SSSR count). The van der Waals surface area contributed by atoms with Gasteiger partial charge in [-0.3, -0.25) is 4.79 Å². The third-order valence-corrected chi connectivity index (χ3v) is 2.85. The Morgan fingerprint density at radius 3 is 3.18 bits per heavy atom. The van der Waals surface area contributed by atoms with Crippen LogP contribution >= 0.6 is 11.3 Å². The molecule has 17 heavy (non-hydrogen) atoms. The lowest BCUT2D eigenvalue weighted by Gasteiger charge is -2.06. The highest BCUT2D eigenvalue weighted by Crippen LogP contribution is 2.25. The number of rotatable bonds is 4. The number of carbonyl (C=O) groups is 1. The number of nitrogens with two attached hydrogens (primary N) is 1. The smallest absolute Gasteiger partial charge is 0.325 e. The van der Waals surface area contributed by atoms with Crippen molar-refractivity contribution < 1.29 is 9.53 Å². The van der Waals surface area contributed by atoms with Crippen LogP contribution in [0, 0.1) is 0 Å². The molecule has 2 heterocycles. The molecule has 0 radical (unpaired) electrons. The van der Waals surface area contributed by atoms with Gasteiger partial charge in [0.15, 0.2) is 0 Å². The van der Waals surface area contributed by atoms with E-state index < -0.39 is 0 Å². The summed E-state index contributed by atoms with van der Waals surface area (Å²) in [5.41, 5.74) is 5.58. The summed E-state index contributed by atoms with van der Waals surface area (Å²) in [5.74, 6) is 0.418. The molecule has 2 aromatic heterocycles. The molecule has 0 aliphatic rings. The average Bonchev–Trinajstić information content (AvgIpc) is 2.74. The average molecular weight is 252 g/mol. The van der Waals surface area contributed by atoms with Crippen molar-refractivity contribution in [1.82, 2.24) is 9.97 Å². The normalized spacial score (nSPS) is 10.4. The summed E-state index contributed by atoms with van der Waals surface area (Å²) in [5, 5.41) is 5.65. The van der Waals surface area contributed by atoms with Crippen LogP contribution < -0.4 is 11.1 Å². The molecule has 0 fully saturated rings. The van der Waals surface area contributed by atoms with Gasteiger partial charge < -0.3 is 15.8 Å². The van der Waals surface area contributed by atoms with E-state index >= 15 is 0 Å². The van der Waals surface area contributed by atoms with Crippen molar-refractivity contribution >= 4 is 39.3 Å². The van der Waals surface area contributed by atoms with E-state index in [1.807, 2.05) is 11.4 Å². The van der Waals surface area contributed by atoms with E-state index in [-0.39, 0.29) is 18.5 Å². The van der Waals surface area contributed by atoms with Crippen LogP contribution in [-0.4, -0.2) is 29.1 Å². The number of hydrogen-bond donors (Lipinski definition) is 2. The fourth-order valence-electron chi connectivity index (χ4n) is 1.37. The highest BCUT2D eigenvalue weighted by molar-refractivity contribution is 7.16. The lowest BCUT2D eigenvalue weighted by molar-refractivity contribution is -0.140. The quantitative estimate of drug-likeness (QED) is 0.796. The summed E-state index contributed by atoms with van der Waals surface area (Å²) in [7, 11) is 0. The van der Waals surface area contributed by atoms with Gasteiger partial charge >= 0.3 is 5.97 Å². The summed E-state index contributed by atoms with van der Waals surface area (Å²) >= 11 is 1.47. The molecule has 0 aliphatic heterocycles. The van der Waals surface area contributed by atoms with Gasteiger partial charge in [-0.05, 0) is 18.4 Å². The number of esters is 1.